The van der Waals surface area contributed by atoms with Crippen LogP contribution < -0.4 is 5.32 Å². The van der Waals surface area contributed by atoms with E-state index in [1.165, 1.54) is 5.56 Å². The maximum Gasteiger partial charge on any atom is 0.259 e. The lowest BCUT2D eigenvalue weighted by Gasteiger charge is -2.46. The van der Waals surface area contributed by atoms with Gasteiger partial charge in [-0.1, -0.05) is 24.4 Å². The molecule has 2 heterocycles. The molecule has 1 aromatic heterocycles. The van der Waals surface area contributed by atoms with Gasteiger partial charge in [0.2, 0.25) is 0 Å². The zero-order valence-electron chi connectivity index (χ0n) is 18.1. The molecule has 5 nitrogen and oxygen atoms in total. The second-order valence-electron chi connectivity index (χ2n) is 9.17. The Labute approximate surface area is 193 Å². The van der Waals surface area contributed by atoms with E-state index in [1.54, 1.807) is 19.1 Å². The summed E-state index contributed by atoms with van der Waals surface area (Å²) in [7, 11) is 5.51. The number of amides is 1. The topological polar surface area (TPSA) is 46.5 Å². The first-order chi connectivity index (χ1) is 14.8. The van der Waals surface area contributed by atoms with Gasteiger partial charge in [0.15, 0.2) is 10.7 Å². The van der Waals surface area contributed by atoms with Crippen LogP contribution in [0.3, 0.4) is 0 Å². The van der Waals surface area contributed by atoms with E-state index < -0.39 is 5.54 Å². The number of nitrogens with zero attached hydrogens (tertiary/aromatic N) is 2. The monoisotopic (exact) mass is 453 g/mol. The summed E-state index contributed by atoms with van der Waals surface area (Å²) in [6.45, 7) is 0. The summed E-state index contributed by atoms with van der Waals surface area (Å²) in [4.78, 5) is 15.4. The van der Waals surface area contributed by atoms with E-state index in [2.05, 4.69) is 29.6 Å². The van der Waals surface area contributed by atoms with Crippen molar-refractivity contribution in [1.29, 1.82) is 0 Å². The number of nitrogens with one attached hydrogen (secondary N) is 1. The smallest absolute Gasteiger partial charge is 0.259 e. The molecule has 1 aromatic carbocycles. The molecule has 31 heavy (non-hydrogen) atoms. The summed E-state index contributed by atoms with van der Waals surface area (Å²) < 4.78 is 8.33. The molecule has 2 aromatic rings. The van der Waals surface area contributed by atoms with Gasteiger partial charge in [-0.3, -0.25) is 9.69 Å². The van der Waals surface area contributed by atoms with E-state index in [9.17, 15) is 4.79 Å². The Balaban J connectivity index is 1.66. The van der Waals surface area contributed by atoms with Crippen LogP contribution in [0.4, 0.5) is 0 Å². The molecule has 0 radical (unpaired) electrons. The number of pyridine rings is 1. The number of aromatic nitrogens is 1. The van der Waals surface area contributed by atoms with Crippen molar-refractivity contribution in [3.05, 3.63) is 52.3 Å². The molecule has 162 valence electrons. The number of carbonyl (C=O) groups is 1. The van der Waals surface area contributed by atoms with Gasteiger partial charge in [0.1, 0.15) is 4.64 Å². The second kappa shape index (κ2) is 7.22. The molecule has 2 aliphatic carbocycles. The first kappa shape index (κ1) is 20.8. The lowest BCUT2D eigenvalue weighted by Crippen LogP contribution is -2.56. The number of ether oxygens (including phenoxy) is 1. The number of likely N-dealkylation sites (N-methyl/N-ethyl adjacent to an activating group) is 1. The summed E-state index contributed by atoms with van der Waals surface area (Å²) in [5, 5.41) is 4.03. The minimum absolute atomic E-state index is 0.0627. The summed E-state index contributed by atoms with van der Waals surface area (Å²) in [5.41, 5.74) is 3.43. The Hall–Kier alpha value is -2.09. The van der Waals surface area contributed by atoms with Crippen molar-refractivity contribution in [1.82, 2.24) is 14.8 Å². The van der Waals surface area contributed by atoms with Gasteiger partial charge in [0.05, 0.1) is 6.10 Å². The summed E-state index contributed by atoms with van der Waals surface area (Å²) >= 11 is 11.0. The molecule has 5 rings (SSSR count). The van der Waals surface area contributed by atoms with E-state index in [0.29, 0.717) is 5.11 Å². The van der Waals surface area contributed by atoms with Gasteiger partial charge in [-0.25, -0.2) is 0 Å². The van der Waals surface area contributed by atoms with Crippen molar-refractivity contribution >= 4 is 35.5 Å². The van der Waals surface area contributed by atoms with Crippen LogP contribution in [0.1, 0.15) is 36.8 Å². The first-order valence-corrected chi connectivity index (χ1v) is 11.6. The third-order valence-corrected chi connectivity index (χ3v) is 8.51. The molecule has 1 unspecified atom stereocenters. The fraction of sp³-hybridized carbons (Fsp3) is 0.458. The highest BCUT2D eigenvalue weighted by Crippen LogP contribution is 2.60. The SMILES string of the molecule is COC1CCC2(CC1)Cc1ccc(-c3ccn(C)c(=S)c3)cc1C21NC(=S)N(C)C1=O. The van der Waals surface area contributed by atoms with E-state index in [1.807, 2.05) is 23.9 Å². The first-order valence-electron chi connectivity index (χ1n) is 10.7. The van der Waals surface area contributed by atoms with Crippen LogP contribution >= 0.6 is 24.4 Å². The highest BCUT2D eigenvalue weighted by Gasteiger charge is 2.66. The quantitative estimate of drug-likeness (QED) is 0.694. The van der Waals surface area contributed by atoms with Crippen molar-refractivity contribution in [2.45, 2.75) is 43.7 Å². The normalized spacial score (nSPS) is 29.6. The largest absolute Gasteiger partial charge is 0.381 e. The van der Waals surface area contributed by atoms with E-state index >= 15 is 0 Å². The fourth-order valence-corrected chi connectivity index (χ4v) is 6.31. The Bertz CT molecular complexity index is 1150. The molecular weight excluding hydrogens is 426 g/mol. The number of rotatable bonds is 2. The fourth-order valence-electron chi connectivity index (χ4n) is 5.89. The molecule has 2 fully saturated rings. The van der Waals surface area contributed by atoms with Gasteiger partial charge >= 0.3 is 0 Å². The summed E-state index contributed by atoms with van der Waals surface area (Å²) in [5.74, 6) is 0.0627. The van der Waals surface area contributed by atoms with Gasteiger partial charge in [-0.2, -0.15) is 0 Å². The lowest BCUT2D eigenvalue weighted by molar-refractivity contribution is -0.137. The highest BCUT2D eigenvalue weighted by atomic mass is 32.1. The van der Waals surface area contributed by atoms with E-state index in [0.717, 1.165) is 53.4 Å². The van der Waals surface area contributed by atoms with Crippen LogP contribution in [0, 0.1) is 10.1 Å². The molecule has 1 N–H and O–H groups in total. The standard InChI is InChI=1S/C24H27N3O2S2/c1-26-11-8-16(13-20(26)30)15-4-5-17-14-23(9-6-18(29-3)7-10-23)24(19(17)12-15)21(28)27(2)22(31)25-24/h4-5,8,11-13,18H,6-7,9-10,14H2,1-3H3,(H,25,31). The van der Waals surface area contributed by atoms with Gasteiger partial charge in [0.25, 0.3) is 5.91 Å². The van der Waals surface area contributed by atoms with Gasteiger partial charge in [0, 0.05) is 32.8 Å². The minimum atomic E-state index is -0.806. The van der Waals surface area contributed by atoms with E-state index in [-0.39, 0.29) is 17.4 Å². The lowest BCUT2D eigenvalue weighted by atomic mass is 9.61. The number of fused-ring (bicyclic) bond motifs is 3. The van der Waals surface area contributed by atoms with Crippen molar-refractivity contribution < 1.29 is 9.53 Å². The Morgan fingerprint density at radius 3 is 2.42 bits per heavy atom. The molecule has 1 aliphatic heterocycles. The molecular formula is C24H27N3O2S2. The number of hydrogen-bond acceptors (Lipinski definition) is 4. The second-order valence-corrected chi connectivity index (χ2v) is 9.98. The van der Waals surface area contributed by atoms with Gasteiger partial charge in [-0.15, -0.1) is 0 Å². The Morgan fingerprint density at radius 2 is 1.81 bits per heavy atom. The maximum atomic E-state index is 13.8. The Kier molecular flexibility index (Phi) is 4.84. The third kappa shape index (κ3) is 2.86. The predicted molar refractivity (Wildman–Crippen MR) is 127 cm³/mol. The zero-order chi connectivity index (χ0) is 22.0. The van der Waals surface area contributed by atoms with Gasteiger partial charge in [-0.05, 0) is 84.8 Å². The van der Waals surface area contributed by atoms with Crippen LogP contribution in [0.25, 0.3) is 11.1 Å². The zero-order valence-corrected chi connectivity index (χ0v) is 19.7. The molecule has 1 saturated carbocycles. The average molecular weight is 454 g/mol. The summed E-state index contributed by atoms with van der Waals surface area (Å²) in [6, 6.07) is 10.6. The Morgan fingerprint density at radius 1 is 1.10 bits per heavy atom. The molecule has 7 heteroatoms. The van der Waals surface area contributed by atoms with Crippen LogP contribution in [0.5, 0.6) is 0 Å². The maximum absolute atomic E-state index is 13.8. The minimum Gasteiger partial charge on any atom is -0.381 e. The van der Waals surface area contributed by atoms with Crippen LogP contribution in [-0.2, 0) is 28.5 Å². The number of aryl methyl sites for hydroxylation is 1. The van der Waals surface area contributed by atoms with Crippen LogP contribution in [-0.4, -0.2) is 40.7 Å². The molecule has 1 atom stereocenters. The van der Waals surface area contributed by atoms with Crippen molar-refractivity contribution in [3.8, 4) is 11.1 Å². The highest BCUT2D eigenvalue weighted by molar-refractivity contribution is 7.80. The molecule has 3 aliphatic rings. The number of benzene rings is 1. The van der Waals surface area contributed by atoms with Crippen LogP contribution in [0.15, 0.2) is 36.5 Å². The van der Waals surface area contributed by atoms with Crippen LogP contribution in [0.2, 0.25) is 0 Å². The molecule has 1 amide bonds. The molecule has 0 bridgehead atoms. The number of hydrogen-bond donors (Lipinski definition) is 1. The molecule has 1 saturated heterocycles. The van der Waals surface area contributed by atoms with Crippen molar-refractivity contribution in [2.24, 2.45) is 12.5 Å². The third-order valence-electron chi connectivity index (χ3n) is 7.72. The van der Waals surface area contributed by atoms with Gasteiger partial charge < -0.3 is 14.6 Å². The predicted octanol–water partition coefficient (Wildman–Crippen LogP) is 4.09. The van der Waals surface area contributed by atoms with Crippen molar-refractivity contribution in [3.63, 3.8) is 0 Å². The molecule has 2 spiro atoms. The van der Waals surface area contributed by atoms with Crippen molar-refractivity contribution in [2.75, 3.05) is 14.2 Å². The number of carbonyl (C=O) groups excluding carboxylic acids is 1. The number of methoxy groups -OCH3 is 1. The average Bonchev–Trinajstić information content (AvgIpc) is 3.17. The summed E-state index contributed by atoms with van der Waals surface area (Å²) in [6.07, 6.45) is 6.90. The number of thiocarbonyl (C=S) groups is 1. The van der Waals surface area contributed by atoms with E-state index in [4.69, 9.17) is 29.2 Å².